The third kappa shape index (κ3) is 6.71. The fraction of sp³-hybridized carbons (Fsp3) is 0.588. The summed E-state index contributed by atoms with van der Waals surface area (Å²) in [6.45, 7) is 8.28. The van der Waals surface area contributed by atoms with Crippen molar-refractivity contribution in [1.82, 2.24) is 5.32 Å². The molecule has 112 valence electrons. The molecule has 3 nitrogen and oxygen atoms in total. The van der Waals surface area contributed by atoms with Crippen molar-refractivity contribution in [2.24, 2.45) is 0 Å². The molecule has 0 aliphatic carbocycles. The second kappa shape index (κ2) is 9.54. The van der Waals surface area contributed by atoms with Crippen LogP contribution in [0.25, 0.3) is 0 Å². The average Bonchev–Trinajstić information content (AvgIpc) is 2.43. The molecule has 1 aromatic rings. The van der Waals surface area contributed by atoms with E-state index in [1.165, 1.54) is 24.8 Å². The number of hydrogen-bond donors (Lipinski definition) is 2. The predicted molar refractivity (Wildman–Crippen MR) is 86.2 cm³/mol. The van der Waals surface area contributed by atoms with Gasteiger partial charge in [-0.15, -0.1) is 0 Å². The highest BCUT2D eigenvalue weighted by atomic mass is 16.1. The molecule has 2 N–H and O–H groups in total. The summed E-state index contributed by atoms with van der Waals surface area (Å²) in [5, 5.41) is 6.23. The van der Waals surface area contributed by atoms with E-state index >= 15 is 0 Å². The van der Waals surface area contributed by atoms with Crippen LogP contribution in [0, 0.1) is 0 Å². The lowest BCUT2D eigenvalue weighted by atomic mass is 10.0. The van der Waals surface area contributed by atoms with Crippen LogP contribution in [0.3, 0.4) is 0 Å². The first-order valence-electron chi connectivity index (χ1n) is 7.74. The molecular formula is C17H28N2O. The fourth-order valence-corrected chi connectivity index (χ4v) is 2.00. The van der Waals surface area contributed by atoms with Gasteiger partial charge in [0.25, 0.3) is 0 Å². The van der Waals surface area contributed by atoms with Gasteiger partial charge in [-0.2, -0.15) is 0 Å². The molecule has 1 rings (SSSR count). The Labute approximate surface area is 123 Å². The van der Waals surface area contributed by atoms with Gasteiger partial charge in [0.2, 0.25) is 5.91 Å². The maximum absolute atomic E-state index is 11.8. The van der Waals surface area contributed by atoms with Crippen molar-refractivity contribution < 1.29 is 4.79 Å². The van der Waals surface area contributed by atoms with E-state index < -0.39 is 0 Å². The predicted octanol–water partition coefficient (Wildman–Crippen LogP) is 3.92. The van der Waals surface area contributed by atoms with Gasteiger partial charge in [-0.3, -0.25) is 4.79 Å². The molecule has 0 unspecified atom stereocenters. The van der Waals surface area contributed by atoms with Gasteiger partial charge in [-0.1, -0.05) is 45.7 Å². The molecule has 20 heavy (non-hydrogen) atoms. The van der Waals surface area contributed by atoms with Crippen LogP contribution >= 0.6 is 0 Å². The van der Waals surface area contributed by atoms with Crippen LogP contribution in [0.15, 0.2) is 24.3 Å². The Morgan fingerprint density at radius 1 is 1.10 bits per heavy atom. The first-order valence-corrected chi connectivity index (χ1v) is 7.74. The molecule has 0 bridgehead atoms. The van der Waals surface area contributed by atoms with Gasteiger partial charge in [0.1, 0.15) is 0 Å². The summed E-state index contributed by atoms with van der Waals surface area (Å²) in [6.07, 6.45) is 4.20. The highest BCUT2D eigenvalue weighted by Crippen LogP contribution is 2.17. The number of anilines is 1. The maximum Gasteiger partial charge on any atom is 0.225 e. The van der Waals surface area contributed by atoms with Crippen LogP contribution in [-0.2, 0) is 4.79 Å². The molecule has 0 aromatic heterocycles. The smallest absolute Gasteiger partial charge is 0.225 e. The summed E-state index contributed by atoms with van der Waals surface area (Å²) in [4.78, 5) is 11.8. The van der Waals surface area contributed by atoms with Crippen molar-refractivity contribution in [3.05, 3.63) is 29.8 Å². The van der Waals surface area contributed by atoms with Crippen LogP contribution in [0.4, 0.5) is 5.69 Å². The quantitative estimate of drug-likeness (QED) is 0.671. The second-order valence-corrected chi connectivity index (χ2v) is 5.53. The molecule has 0 saturated heterocycles. The Bertz CT molecular complexity index is 384. The average molecular weight is 276 g/mol. The maximum atomic E-state index is 11.8. The molecule has 0 aliphatic rings. The van der Waals surface area contributed by atoms with Gasteiger partial charge in [-0.05, 0) is 36.6 Å². The van der Waals surface area contributed by atoms with Gasteiger partial charge in [0.15, 0.2) is 0 Å². The second-order valence-electron chi connectivity index (χ2n) is 5.53. The van der Waals surface area contributed by atoms with Crippen LogP contribution in [0.1, 0.15) is 57.9 Å². The number of amides is 1. The molecule has 3 heteroatoms. The third-order valence-corrected chi connectivity index (χ3v) is 3.35. The van der Waals surface area contributed by atoms with E-state index in [9.17, 15) is 4.79 Å². The highest BCUT2D eigenvalue weighted by molar-refractivity contribution is 5.90. The number of hydrogen-bond acceptors (Lipinski definition) is 2. The lowest BCUT2D eigenvalue weighted by Crippen LogP contribution is -2.22. The van der Waals surface area contributed by atoms with Gasteiger partial charge in [0.05, 0.1) is 0 Å². The number of benzene rings is 1. The van der Waals surface area contributed by atoms with E-state index in [-0.39, 0.29) is 5.91 Å². The monoisotopic (exact) mass is 276 g/mol. The molecule has 0 saturated carbocycles. The Kier molecular flexibility index (Phi) is 7.97. The van der Waals surface area contributed by atoms with E-state index in [4.69, 9.17) is 0 Å². The summed E-state index contributed by atoms with van der Waals surface area (Å²) >= 11 is 0. The number of carbonyl (C=O) groups excluding carboxylic acids is 1. The third-order valence-electron chi connectivity index (χ3n) is 3.35. The Hall–Kier alpha value is -1.35. The zero-order chi connectivity index (χ0) is 14.8. The Morgan fingerprint density at radius 3 is 2.40 bits per heavy atom. The standard InChI is InChI=1S/C17H28N2O/c1-4-5-6-12-18-13-11-17(20)19-16-9-7-15(8-10-16)14(2)3/h7-10,14,18H,4-6,11-13H2,1-3H3,(H,19,20). The van der Waals surface area contributed by atoms with E-state index in [0.29, 0.717) is 12.3 Å². The Balaban J connectivity index is 2.21. The molecule has 1 amide bonds. The number of unbranched alkanes of at least 4 members (excludes halogenated alkanes) is 2. The van der Waals surface area contributed by atoms with Crippen molar-refractivity contribution in [3.8, 4) is 0 Å². The summed E-state index contributed by atoms with van der Waals surface area (Å²) in [5.41, 5.74) is 2.17. The number of carbonyl (C=O) groups is 1. The van der Waals surface area contributed by atoms with E-state index in [2.05, 4.69) is 43.5 Å². The fourth-order valence-electron chi connectivity index (χ4n) is 2.00. The van der Waals surface area contributed by atoms with Crippen molar-refractivity contribution >= 4 is 11.6 Å². The minimum Gasteiger partial charge on any atom is -0.326 e. The topological polar surface area (TPSA) is 41.1 Å². The Morgan fingerprint density at radius 2 is 1.80 bits per heavy atom. The zero-order valence-electron chi connectivity index (χ0n) is 13.0. The molecule has 0 atom stereocenters. The zero-order valence-corrected chi connectivity index (χ0v) is 13.0. The normalized spacial score (nSPS) is 10.8. The van der Waals surface area contributed by atoms with Crippen molar-refractivity contribution in [3.63, 3.8) is 0 Å². The van der Waals surface area contributed by atoms with Crippen LogP contribution in [0.5, 0.6) is 0 Å². The highest BCUT2D eigenvalue weighted by Gasteiger charge is 2.03. The SMILES string of the molecule is CCCCCNCCC(=O)Nc1ccc(C(C)C)cc1. The van der Waals surface area contributed by atoms with Crippen LogP contribution < -0.4 is 10.6 Å². The molecule has 0 fully saturated rings. The van der Waals surface area contributed by atoms with E-state index in [1.54, 1.807) is 0 Å². The summed E-state index contributed by atoms with van der Waals surface area (Å²) in [5.74, 6) is 0.595. The minimum absolute atomic E-state index is 0.0743. The molecule has 0 aliphatic heterocycles. The molecule has 0 spiro atoms. The summed E-state index contributed by atoms with van der Waals surface area (Å²) in [7, 11) is 0. The molecule has 0 radical (unpaired) electrons. The van der Waals surface area contributed by atoms with Crippen LogP contribution in [0.2, 0.25) is 0 Å². The van der Waals surface area contributed by atoms with Crippen LogP contribution in [-0.4, -0.2) is 19.0 Å². The van der Waals surface area contributed by atoms with E-state index in [1.807, 2.05) is 12.1 Å². The molecule has 1 aromatic carbocycles. The number of rotatable bonds is 9. The lowest BCUT2D eigenvalue weighted by molar-refractivity contribution is -0.116. The first kappa shape index (κ1) is 16.7. The lowest BCUT2D eigenvalue weighted by Gasteiger charge is -2.09. The van der Waals surface area contributed by atoms with Crippen molar-refractivity contribution in [1.29, 1.82) is 0 Å². The van der Waals surface area contributed by atoms with Crippen molar-refractivity contribution in [2.45, 2.75) is 52.4 Å². The largest absolute Gasteiger partial charge is 0.326 e. The summed E-state index contributed by atoms with van der Waals surface area (Å²) in [6, 6.07) is 8.09. The molecule has 0 heterocycles. The molecular weight excluding hydrogens is 248 g/mol. The van der Waals surface area contributed by atoms with Gasteiger partial charge < -0.3 is 10.6 Å². The number of nitrogens with one attached hydrogen (secondary N) is 2. The van der Waals surface area contributed by atoms with Crippen molar-refractivity contribution in [2.75, 3.05) is 18.4 Å². The van der Waals surface area contributed by atoms with Gasteiger partial charge in [0, 0.05) is 18.7 Å². The van der Waals surface area contributed by atoms with Gasteiger partial charge in [-0.25, -0.2) is 0 Å². The first-order chi connectivity index (χ1) is 9.63. The summed E-state index contributed by atoms with van der Waals surface area (Å²) < 4.78 is 0. The van der Waals surface area contributed by atoms with Gasteiger partial charge >= 0.3 is 0 Å². The minimum atomic E-state index is 0.0743. The van der Waals surface area contributed by atoms with E-state index in [0.717, 1.165) is 18.8 Å².